The van der Waals surface area contributed by atoms with Gasteiger partial charge in [-0.3, -0.25) is 4.79 Å². The van der Waals surface area contributed by atoms with Gasteiger partial charge in [-0.2, -0.15) is 5.10 Å². The summed E-state index contributed by atoms with van der Waals surface area (Å²) >= 11 is 0. The van der Waals surface area contributed by atoms with E-state index in [9.17, 15) is 4.79 Å². The molecule has 0 bridgehead atoms. The largest absolute Gasteiger partial charge is 0.273 e. The minimum Gasteiger partial charge on any atom is -0.273 e. The van der Waals surface area contributed by atoms with E-state index in [1.807, 2.05) is 0 Å². The molecule has 55 valence electrons. The van der Waals surface area contributed by atoms with Crippen molar-refractivity contribution >= 4 is 12.1 Å². The van der Waals surface area contributed by atoms with Gasteiger partial charge < -0.3 is 0 Å². The molecular formula is C7H11N2O. The van der Waals surface area contributed by atoms with Crippen molar-refractivity contribution in [1.82, 2.24) is 5.43 Å². The zero-order chi connectivity index (χ0) is 7.40. The summed E-state index contributed by atoms with van der Waals surface area (Å²) in [5, 5.41) is 3.61. The minimum absolute atomic E-state index is 0.0113. The second-order valence-electron chi connectivity index (χ2n) is 2.47. The van der Waals surface area contributed by atoms with Gasteiger partial charge in [0.2, 0.25) is 5.91 Å². The molecule has 3 heteroatoms. The zero-order valence-electron chi connectivity index (χ0n) is 6.05. The summed E-state index contributed by atoms with van der Waals surface area (Å²) < 4.78 is 0. The van der Waals surface area contributed by atoms with Gasteiger partial charge in [0.25, 0.3) is 0 Å². The number of amides is 1. The number of hydrazone groups is 1. The van der Waals surface area contributed by atoms with Crippen molar-refractivity contribution in [2.24, 2.45) is 11.0 Å². The smallest absolute Gasteiger partial charge is 0.240 e. The van der Waals surface area contributed by atoms with Crippen LogP contribution in [0.3, 0.4) is 0 Å². The van der Waals surface area contributed by atoms with Gasteiger partial charge in [-0.15, -0.1) is 0 Å². The molecule has 10 heavy (non-hydrogen) atoms. The fraction of sp³-hybridized carbons (Fsp3) is 0.714. The molecule has 0 aromatic heterocycles. The van der Waals surface area contributed by atoms with E-state index in [-0.39, 0.29) is 11.8 Å². The fourth-order valence-electron chi connectivity index (χ4n) is 1.02. The van der Waals surface area contributed by atoms with Crippen LogP contribution in [0.1, 0.15) is 26.2 Å². The van der Waals surface area contributed by atoms with Crippen molar-refractivity contribution < 1.29 is 4.79 Å². The van der Waals surface area contributed by atoms with E-state index < -0.39 is 0 Å². The van der Waals surface area contributed by atoms with E-state index in [0.29, 0.717) is 6.42 Å². The maximum absolute atomic E-state index is 10.7. The summed E-state index contributed by atoms with van der Waals surface area (Å²) in [5.74, 6) is 0.260. The van der Waals surface area contributed by atoms with Crippen LogP contribution in [-0.4, -0.2) is 12.1 Å². The van der Waals surface area contributed by atoms with Gasteiger partial charge in [0.15, 0.2) is 0 Å². The Bertz CT molecular complexity index is 154. The molecule has 0 saturated heterocycles. The highest BCUT2D eigenvalue weighted by molar-refractivity contribution is 5.83. The van der Waals surface area contributed by atoms with E-state index >= 15 is 0 Å². The second kappa shape index (κ2) is 3.34. The van der Waals surface area contributed by atoms with Gasteiger partial charge in [-0.05, 0) is 6.42 Å². The van der Waals surface area contributed by atoms with Crippen LogP contribution in [0, 0.1) is 5.92 Å². The fourth-order valence-corrected chi connectivity index (χ4v) is 1.02. The van der Waals surface area contributed by atoms with Crippen molar-refractivity contribution in [2.45, 2.75) is 26.2 Å². The van der Waals surface area contributed by atoms with Crippen molar-refractivity contribution in [3.63, 3.8) is 0 Å². The van der Waals surface area contributed by atoms with Crippen LogP contribution in [0.2, 0.25) is 0 Å². The highest BCUT2D eigenvalue weighted by Gasteiger charge is 2.14. The lowest BCUT2D eigenvalue weighted by Gasteiger charge is -2.12. The molecule has 1 unspecified atom stereocenters. The maximum Gasteiger partial charge on any atom is 0.240 e. The molecule has 3 nitrogen and oxygen atoms in total. The lowest BCUT2D eigenvalue weighted by Crippen LogP contribution is -2.26. The summed E-state index contributed by atoms with van der Waals surface area (Å²) in [5.41, 5.74) is 2.35. The molecule has 0 saturated carbocycles. The van der Waals surface area contributed by atoms with Crippen LogP contribution < -0.4 is 5.43 Å². The summed E-state index contributed by atoms with van der Waals surface area (Å²) in [7, 11) is 0. The number of rotatable bonds is 2. The van der Waals surface area contributed by atoms with Crippen LogP contribution in [0.25, 0.3) is 0 Å². The molecule has 0 aromatic rings. The Labute approximate surface area is 60.5 Å². The van der Waals surface area contributed by atoms with Crippen LogP contribution in [0.15, 0.2) is 5.10 Å². The molecule has 1 aliphatic heterocycles. The Morgan fingerprint density at radius 1 is 1.90 bits per heavy atom. The van der Waals surface area contributed by atoms with Gasteiger partial charge in [0.05, 0.1) is 6.21 Å². The van der Waals surface area contributed by atoms with Gasteiger partial charge >= 0.3 is 0 Å². The summed E-state index contributed by atoms with van der Waals surface area (Å²) in [6, 6.07) is 0. The molecule has 1 atom stereocenters. The van der Waals surface area contributed by atoms with Crippen molar-refractivity contribution in [2.75, 3.05) is 0 Å². The number of carbonyl (C=O) groups is 1. The first-order valence-electron chi connectivity index (χ1n) is 3.57. The second-order valence-corrected chi connectivity index (χ2v) is 2.47. The first-order valence-corrected chi connectivity index (χ1v) is 3.57. The minimum atomic E-state index is 0.0113. The van der Waals surface area contributed by atoms with Gasteiger partial charge in [-0.1, -0.05) is 13.3 Å². The predicted octanol–water partition coefficient (Wildman–Crippen LogP) is 0.785. The SMILES string of the molecule is CCCC1[C]=NNC(=O)C1. The topological polar surface area (TPSA) is 41.5 Å². The summed E-state index contributed by atoms with van der Waals surface area (Å²) in [6.45, 7) is 2.09. The Kier molecular flexibility index (Phi) is 2.42. The molecule has 0 fully saturated rings. The van der Waals surface area contributed by atoms with Gasteiger partial charge in [0, 0.05) is 12.3 Å². The molecule has 1 amide bonds. The lowest BCUT2D eigenvalue weighted by molar-refractivity contribution is -0.122. The standard InChI is InChI=1S/C7H11N2O/c1-2-3-6-4-7(10)9-8-5-6/h6H,2-4H2,1H3,(H,9,10). The van der Waals surface area contributed by atoms with E-state index in [0.717, 1.165) is 12.8 Å². The third kappa shape index (κ3) is 1.83. The number of hydrogen-bond donors (Lipinski definition) is 1. The molecule has 1 heterocycles. The Hall–Kier alpha value is -0.860. The van der Waals surface area contributed by atoms with Crippen molar-refractivity contribution in [1.29, 1.82) is 0 Å². The maximum atomic E-state index is 10.7. The number of hydrogen-bond acceptors (Lipinski definition) is 2. The third-order valence-electron chi connectivity index (χ3n) is 1.50. The molecule has 0 aliphatic carbocycles. The number of nitrogens with zero attached hydrogens (tertiary/aromatic N) is 1. The number of nitrogens with one attached hydrogen (secondary N) is 1. The average Bonchev–Trinajstić information content (AvgIpc) is 1.88. The monoisotopic (exact) mass is 139 g/mol. The lowest BCUT2D eigenvalue weighted by atomic mass is 10.0. The molecule has 1 radical (unpaired) electrons. The van der Waals surface area contributed by atoms with E-state index in [4.69, 9.17) is 0 Å². The third-order valence-corrected chi connectivity index (χ3v) is 1.50. The van der Waals surface area contributed by atoms with Gasteiger partial charge in [0.1, 0.15) is 0 Å². The van der Waals surface area contributed by atoms with Crippen molar-refractivity contribution in [3.8, 4) is 0 Å². The Morgan fingerprint density at radius 3 is 3.30 bits per heavy atom. The zero-order valence-corrected chi connectivity index (χ0v) is 6.05. The van der Waals surface area contributed by atoms with Crippen molar-refractivity contribution in [3.05, 3.63) is 0 Å². The van der Waals surface area contributed by atoms with E-state index in [1.165, 1.54) is 0 Å². The van der Waals surface area contributed by atoms with Crippen LogP contribution in [-0.2, 0) is 4.79 Å². The molecule has 1 aliphatic rings. The quantitative estimate of drug-likeness (QED) is 0.603. The van der Waals surface area contributed by atoms with E-state index in [2.05, 4.69) is 23.7 Å². The van der Waals surface area contributed by atoms with Crippen LogP contribution in [0.5, 0.6) is 0 Å². The molecular weight excluding hydrogens is 128 g/mol. The highest BCUT2D eigenvalue weighted by Crippen LogP contribution is 2.10. The average molecular weight is 139 g/mol. The van der Waals surface area contributed by atoms with E-state index in [1.54, 1.807) is 0 Å². The molecule has 0 spiro atoms. The first kappa shape index (κ1) is 7.25. The molecule has 0 aromatic carbocycles. The predicted molar refractivity (Wildman–Crippen MR) is 38.6 cm³/mol. The van der Waals surface area contributed by atoms with Crippen LogP contribution >= 0.6 is 0 Å². The first-order chi connectivity index (χ1) is 4.83. The Morgan fingerprint density at radius 2 is 2.70 bits per heavy atom. The molecule has 1 rings (SSSR count). The molecule has 1 N–H and O–H groups in total. The summed E-state index contributed by atoms with van der Waals surface area (Å²) in [6.07, 6.45) is 5.49. The normalized spacial score (nSPS) is 24.5. The van der Waals surface area contributed by atoms with Crippen LogP contribution in [0.4, 0.5) is 0 Å². The number of carbonyl (C=O) groups excluding carboxylic acids is 1. The Balaban J connectivity index is 2.39. The highest BCUT2D eigenvalue weighted by atomic mass is 16.2. The summed E-state index contributed by atoms with van der Waals surface area (Å²) in [4.78, 5) is 10.7. The van der Waals surface area contributed by atoms with Gasteiger partial charge in [-0.25, -0.2) is 5.43 Å².